The molecule has 0 unspecified atom stereocenters. The highest BCUT2D eigenvalue weighted by Gasteiger charge is 2.07. The molecular weight excluding hydrogens is 222 g/mol. The minimum Gasteiger partial charge on any atom is -0.225 e. The van der Waals surface area contributed by atoms with Crippen molar-refractivity contribution >= 4 is 21.4 Å². The summed E-state index contributed by atoms with van der Waals surface area (Å²) in [6.07, 6.45) is 2.34. The summed E-state index contributed by atoms with van der Waals surface area (Å²) in [7, 11) is -3.22. The predicted octanol–water partition coefficient (Wildman–Crippen LogP) is 2.55. The van der Waals surface area contributed by atoms with Crippen molar-refractivity contribution in [3.05, 3.63) is 23.4 Å². The van der Waals surface area contributed by atoms with Crippen molar-refractivity contribution in [2.24, 2.45) is 0 Å². The van der Waals surface area contributed by atoms with E-state index in [-0.39, 0.29) is 10.2 Å². The average Bonchev–Trinajstić information content (AvgIpc) is 2.04. The smallest absolute Gasteiger partial charge is 0.192 e. The van der Waals surface area contributed by atoms with E-state index >= 15 is 0 Å². The quantitative estimate of drug-likeness (QED) is 0.703. The lowest BCUT2D eigenvalue weighted by Crippen LogP contribution is -1.99. The van der Waals surface area contributed by atoms with Crippen molar-refractivity contribution in [2.75, 3.05) is 6.26 Å². The molecule has 5 heteroatoms. The van der Waals surface area contributed by atoms with E-state index in [0.717, 1.165) is 6.26 Å². The highest BCUT2D eigenvalue weighted by atomic mass is 35.5. The molecule has 14 heavy (non-hydrogen) atoms. The molecule has 0 atom stereocenters. The Balaban J connectivity index is 0.000000500. The second kappa shape index (κ2) is 5.98. The van der Waals surface area contributed by atoms with E-state index in [1.165, 1.54) is 18.6 Å². The van der Waals surface area contributed by atoms with Crippen LogP contribution in [-0.4, -0.2) is 19.7 Å². The molecule has 0 spiro atoms. The first kappa shape index (κ1) is 13.4. The molecule has 0 saturated carbocycles. The number of hydrogen-bond donors (Lipinski definition) is 0. The molecule has 1 aromatic heterocycles. The molecule has 1 rings (SSSR count). The molecule has 0 radical (unpaired) electrons. The van der Waals surface area contributed by atoms with E-state index in [4.69, 9.17) is 11.6 Å². The maximum absolute atomic E-state index is 10.9. The number of halogens is 1. The minimum absolute atomic E-state index is 0.00463. The minimum atomic E-state index is -3.22. The Labute approximate surface area is 90.0 Å². The van der Waals surface area contributed by atoms with Crippen molar-refractivity contribution in [1.29, 1.82) is 0 Å². The van der Waals surface area contributed by atoms with Crippen LogP contribution in [0.1, 0.15) is 20.3 Å². The van der Waals surface area contributed by atoms with Crippen LogP contribution in [0.2, 0.25) is 5.15 Å². The second-order valence-electron chi connectivity index (χ2n) is 2.78. The number of hydrogen-bond acceptors (Lipinski definition) is 3. The molecule has 3 nitrogen and oxygen atoms in total. The topological polar surface area (TPSA) is 47.0 Å². The van der Waals surface area contributed by atoms with Gasteiger partial charge in [-0.3, -0.25) is 0 Å². The third-order valence-electron chi connectivity index (χ3n) is 1.07. The molecule has 0 aliphatic rings. The summed E-state index contributed by atoms with van der Waals surface area (Å²) in [5, 5.41) is 0.193. The van der Waals surface area contributed by atoms with E-state index in [2.05, 4.69) is 18.8 Å². The van der Waals surface area contributed by atoms with Crippen molar-refractivity contribution in [2.45, 2.75) is 25.3 Å². The van der Waals surface area contributed by atoms with Gasteiger partial charge in [-0.2, -0.15) is 0 Å². The summed E-state index contributed by atoms with van der Waals surface area (Å²) in [6.45, 7) is 4.25. The third kappa shape index (κ3) is 5.19. The maximum atomic E-state index is 10.9. The van der Waals surface area contributed by atoms with Gasteiger partial charge in [-0.15, -0.1) is 0 Å². The standard InChI is InChI=1S/C6H6ClNO2S.C3H8/c1-11(9,10)6-4-2-3-5(7)8-6;1-3-2/h2-4H,1H3;3H2,1-2H3. The highest BCUT2D eigenvalue weighted by molar-refractivity contribution is 7.90. The fraction of sp³-hybridized carbons (Fsp3) is 0.444. The molecule has 0 aliphatic heterocycles. The van der Waals surface area contributed by atoms with Crippen LogP contribution in [0, 0.1) is 0 Å². The molecule has 0 N–H and O–H groups in total. The summed E-state index contributed by atoms with van der Waals surface area (Å²) in [5.74, 6) is 0. The van der Waals surface area contributed by atoms with E-state index < -0.39 is 9.84 Å². The van der Waals surface area contributed by atoms with E-state index in [9.17, 15) is 8.42 Å². The Hall–Kier alpha value is -0.610. The van der Waals surface area contributed by atoms with E-state index in [0.29, 0.717) is 0 Å². The summed E-state index contributed by atoms with van der Waals surface area (Å²) in [5.41, 5.74) is 0. The average molecular weight is 236 g/mol. The predicted molar refractivity (Wildman–Crippen MR) is 58.3 cm³/mol. The van der Waals surface area contributed by atoms with Gasteiger partial charge >= 0.3 is 0 Å². The van der Waals surface area contributed by atoms with Crippen LogP contribution < -0.4 is 0 Å². The van der Waals surface area contributed by atoms with Gasteiger partial charge in [0.05, 0.1) is 0 Å². The second-order valence-corrected chi connectivity index (χ2v) is 5.13. The van der Waals surface area contributed by atoms with Crippen LogP contribution >= 0.6 is 11.6 Å². The van der Waals surface area contributed by atoms with E-state index in [1.807, 2.05) is 0 Å². The van der Waals surface area contributed by atoms with Gasteiger partial charge in [0.2, 0.25) is 0 Å². The monoisotopic (exact) mass is 235 g/mol. The third-order valence-corrected chi connectivity index (χ3v) is 2.27. The molecule has 0 saturated heterocycles. The number of sulfone groups is 1. The molecule has 0 aliphatic carbocycles. The Kier molecular flexibility index (Phi) is 5.72. The zero-order chi connectivity index (χ0) is 11.2. The van der Waals surface area contributed by atoms with Gasteiger partial charge in [-0.25, -0.2) is 13.4 Å². The summed E-state index contributed by atoms with van der Waals surface area (Å²) >= 11 is 5.48. The van der Waals surface area contributed by atoms with Gasteiger partial charge in [0, 0.05) is 6.26 Å². The zero-order valence-corrected chi connectivity index (χ0v) is 10.1. The Morgan fingerprint density at radius 1 is 1.36 bits per heavy atom. The normalized spacial score (nSPS) is 10.3. The maximum Gasteiger partial charge on any atom is 0.192 e. The molecule has 80 valence electrons. The lowest BCUT2D eigenvalue weighted by atomic mass is 10.5. The van der Waals surface area contributed by atoms with Crippen molar-refractivity contribution < 1.29 is 8.42 Å². The summed E-state index contributed by atoms with van der Waals surface area (Å²) < 4.78 is 21.7. The lowest BCUT2D eigenvalue weighted by molar-refractivity contribution is 0.598. The fourth-order valence-electron chi connectivity index (χ4n) is 0.596. The van der Waals surface area contributed by atoms with Crippen LogP contribution in [0.4, 0.5) is 0 Å². The first-order valence-electron chi connectivity index (χ1n) is 4.24. The zero-order valence-electron chi connectivity index (χ0n) is 8.49. The van der Waals surface area contributed by atoms with E-state index in [1.54, 1.807) is 6.07 Å². The van der Waals surface area contributed by atoms with Gasteiger partial charge in [0.1, 0.15) is 5.15 Å². The fourth-order valence-corrected chi connectivity index (χ4v) is 1.40. The summed E-state index contributed by atoms with van der Waals surface area (Å²) in [4.78, 5) is 3.62. The molecule has 1 aromatic rings. The van der Waals surface area contributed by atoms with Gasteiger partial charge < -0.3 is 0 Å². The molecule has 0 aromatic carbocycles. The number of rotatable bonds is 1. The van der Waals surface area contributed by atoms with Crippen molar-refractivity contribution in [3.63, 3.8) is 0 Å². The van der Waals surface area contributed by atoms with Crippen LogP contribution in [0.25, 0.3) is 0 Å². The SMILES string of the molecule is CCC.CS(=O)(=O)c1cccc(Cl)n1. The van der Waals surface area contributed by atoms with Gasteiger partial charge in [0.25, 0.3) is 0 Å². The number of nitrogens with zero attached hydrogens (tertiary/aromatic N) is 1. The van der Waals surface area contributed by atoms with Gasteiger partial charge in [0.15, 0.2) is 14.9 Å². The van der Waals surface area contributed by atoms with Gasteiger partial charge in [-0.05, 0) is 12.1 Å². The molecule has 0 amide bonds. The van der Waals surface area contributed by atoms with Gasteiger partial charge in [-0.1, -0.05) is 37.9 Å². The summed E-state index contributed by atoms with van der Waals surface area (Å²) in [6, 6.07) is 4.48. The van der Waals surface area contributed by atoms with Crippen LogP contribution in [-0.2, 0) is 9.84 Å². The largest absolute Gasteiger partial charge is 0.225 e. The molecular formula is C9H14ClNO2S. The highest BCUT2D eigenvalue weighted by Crippen LogP contribution is 2.09. The Bertz CT molecular complexity index is 376. The first-order chi connectivity index (χ1) is 6.41. The molecule has 0 bridgehead atoms. The molecule has 1 heterocycles. The first-order valence-corrected chi connectivity index (χ1v) is 6.51. The number of aromatic nitrogens is 1. The van der Waals surface area contributed by atoms with Crippen molar-refractivity contribution in [3.8, 4) is 0 Å². The molecule has 0 fully saturated rings. The lowest BCUT2D eigenvalue weighted by Gasteiger charge is -1.95. The van der Waals surface area contributed by atoms with Crippen molar-refractivity contribution in [1.82, 2.24) is 4.98 Å². The van der Waals surface area contributed by atoms with Crippen LogP contribution in [0.15, 0.2) is 23.2 Å². The Morgan fingerprint density at radius 3 is 2.14 bits per heavy atom. The van der Waals surface area contributed by atoms with Crippen LogP contribution in [0.5, 0.6) is 0 Å². The van der Waals surface area contributed by atoms with Crippen LogP contribution in [0.3, 0.4) is 0 Å². The number of pyridine rings is 1. The Morgan fingerprint density at radius 2 is 1.86 bits per heavy atom.